The number of nitrogens with zero attached hydrogens (tertiary/aromatic N) is 2. The van der Waals surface area contributed by atoms with E-state index in [9.17, 15) is 30.7 Å². The van der Waals surface area contributed by atoms with Gasteiger partial charge in [0, 0.05) is 18.1 Å². The van der Waals surface area contributed by atoms with Gasteiger partial charge in [0.1, 0.15) is 5.69 Å². The molecule has 15 nitrogen and oxygen atoms in total. The SMILES string of the molecule is CNc1ccc(N=Nc2cc(S(=O)(=O)O)cc3cc(S(=O)(=O)O)cc(SOOO)c23)c(NC(N)=O)c1. The zero-order valence-corrected chi connectivity index (χ0v) is 20.4. The van der Waals surface area contributed by atoms with Crippen LogP contribution in [0.5, 0.6) is 0 Å². The van der Waals surface area contributed by atoms with Crippen molar-refractivity contribution in [2.24, 2.45) is 16.0 Å². The van der Waals surface area contributed by atoms with Crippen LogP contribution >= 0.6 is 12.0 Å². The molecular formula is C18H17N5O10S3. The molecular weight excluding hydrogens is 542 g/mol. The topological polar surface area (TPSA) is 239 Å². The molecule has 0 fully saturated rings. The number of urea groups is 1. The first-order chi connectivity index (χ1) is 16.8. The summed E-state index contributed by atoms with van der Waals surface area (Å²) in [6.07, 6.45) is 0. The third-order valence-electron chi connectivity index (χ3n) is 4.50. The molecule has 36 heavy (non-hydrogen) atoms. The van der Waals surface area contributed by atoms with Crippen LogP contribution in [0.2, 0.25) is 0 Å². The van der Waals surface area contributed by atoms with Crippen molar-refractivity contribution in [1.29, 1.82) is 0 Å². The minimum Gasteiger partial charge on any atom is -0.388 e. The van der Waals surface area contributed by atoms with Crippen LogP contribution in [0.15, 0.2) is 67.4 Å². The third-order valence-corrected chi connectivity index (χ3v) is 6.79. The van der Waals surface area contributed by atoms with Crippen LogP contribution in [0.3, 0.4) is 0 Å². The summed E-state index contributed by atoms with van der Waals surface area (Å²) in [5.74, 6) is 0. The number of primary amides is 1. The number of nitrogens with one attached hydrogen (secondary N) is 2. The van der Waals surface area contributed by atoms with E-state index in [1.807, 2.05) is 0 Å². The summed E-state index contributed by atoms with van der Waals surface area (Å²) in [7, 11) is -7.95. The molecule has 0 saturated carbocycles. The standard InChI is InChI=1S/C18H17N5O10S3/c1-20-10-2-3-13(14(6-10)21-18(19)24)22-23-15-7-11(35(26,27)28)4-9-5-12(36(29,30)31)8-16(17(9)15)34-33-32-25/h2-8,20,25H,1H3,(H3,19,21,24)(H,26,27,28)(H,29,30,31). The van der Waals surface area contributed by atoms with Gasteiger partial charge in [0.25, 0.3) is 20.2 Å². The van der Waals surface area contributed by atoms with E-state index in [2.05, 4.69) is 30.2 Å². The van der Waals surface area contributed by atoms with Crippen molar-refractivity contribution in [1.82, 2.24) is 0 Å². The zero-order valence-electron chi connectivity index (χ0n) is 17.9. The van der Waals surface area contributed by atoms with Crippen LogP contribution in [0.4, 0.5) is 27.5 Å². The Hall–Kier alpha value is -3.36. The maximum atomic E-state index is 11.9. The van der Waals surface area contributed by atoms with Gasteiger partial charge in [0.15, 0.2) is 0 Å². The largest absolute Gasteiger partial charge is 0.388 e. The molecule has 3 aromatic rings. The molecule has 7 N–H and O–H groups in total. The fourth-order valence-corrected chi connectivity index (χ4v) is 4.75. The Morgan fingerprint density at radius 2 is 1.58 bits per heavy atom. The quantitative estimate of drug-likeness (QED) is 0.0723. The molecule has 2 amide bonds. The number of carbonyl (C=O) groups is 1. The van der Waals surface area contributed by atoms with Gasteiger partial charge in [-0.05, 0) is 47.9 Å². The van der Waals surface area contributed by atoms with Gasteiger partial charge in [-0.25, -0.2) is 10.1 Å². The van der Waals surface area contributed by atoms with E-state index in [1.54, 1.807) is 13.1 Å². The average molecular weight is 560 g/mol. The molecule has 3 rings (SSSR count). The first kappa shape index (κ1) is 27.2. The van der Waals surface area contributed by atoms with Crippen molar-refractivity contribution in [3.8, 4) is 0 Å². The highest BCUT2D eigenvalue weighted by Crippen LogP contribution is 2.40. The number of benzene rings is 3. The van der Waals surface area contributed by atoms with Crippen molar-refractivity contribution in [3.63, 3.8) is 0 Å². The fraction of sp³-hybridized carbons (Fsp3) is 0.0556. The first-order valence-corrected chi connectivity index (χ1v) is 13.0. The highest BCUT2D eigenvalue weighted by atomic mass is 32.2. The minimum absolute atomic E-state index is 0.0388. The Bertz CT molecular complexity index is 1570. The Kier molecular flexibility index (Phi) is 8.11. The molecule has 0 saturated heterocycles. The average Bonchev–Trinajstić information content (AvgIpc) is 2.79. The molecule has 0 unspecified atom stereocenters. The summed E-state index contributed by atoms with van der Waals surface area (Å²) < 4.78 is 70.6. The number of azo groups is 1. The number of hydrogen-bond donors (Lipinski definition) is 6. The molecule has 192 valence electrons. The summed E-state index contributed by atoms with van der Waals surface area (Å²) in [5.41, 5.74) is 5.81. The maximum Gasteiger partial charge on any atom is 0.316 e. The van der Waals surface area contributed by atoms with E-state index >= 15 is 0 Å². The highest BCUT2D eigenvalue weighted by molar-refractivity contribution is 7.94. The lowest BCUT2D eigenvalue weighted by Gasteiger charge is -2.11. The minimum atomic E-state index is -4.81. The van der Waals surface area contributed by atoms with Gasteiger partial charge in [-0.1, -0.05) is 5.04 Å². The highest BCUT2D eigenvalue weighted by Gasteiger charge is 2.21. The van der Waals surface area contributed by atoms with Gasteiger partial charge < -0.3 is 16.4 Å². The van der Waals surface area contributed by atoms with Crippen molar-refractivity contribution in [3.05, 3.63) is 42.5 Å². The normalized spacial score (nSPS) is 12.2. The number of hydrogen-bond acceptors (Lipinski definition) is 12. The van der Waals surface area contributed by atoms with Crippen molar-refractivity contribution in [2.45, 2.75) is 14.7 Å². The van der Waals surface area contributed by atoms with Crippen molar-refractivity contribution in [2.75, 3.05) is 17.7 Å². The fourth-order valence-electron chi connectivity index (χ4n) is 3.01. The van der Waals surface area contributed by atoms with Crippen LogP contribution < -0.4 is 16.4 Å². The van der Waals surface area contributed by atoms with Crippen molar-refractivity contribution >= 4 is 71.8 Å². The van der Waals surface area contributed by atoms with E-state index < -0.39 is 36.1 Å². The van der Waals surface area contributed by atoms with E-state index in [1.165, 1.54) is 12.1 Å². The van der Waals surface area contributed by atoms with Crippen molar-refractivity contribution < 1.29 is 45.4 Å². The predicted octanol–water partition coefficient (Wildman–Crippen LogP) is 3.71. The number of amides is 2. The molecule has 0 aliphatic carbocycles. The molecule has 0 aliphatic heterocycles. The lowest BCUT2D eigenvalue weighted by Crippen LogP contribution is -2.19. The van der Waals surface area contributed by atoms with Crippen LogP contribution in [-0.4, -0.2) is 44.3 Å². The molecule has 0 heterocycles. The number of nitrogens with two attached hydrogens (primary N) is 1. The lowest BCUT2D eigenvalue weighted by molar-refractivity contribution is -0.432. The molecule has 0 bridgehead atoms. The van der Waals surface area contributed by atoms with Gasteiger partial charge in [0.05, 0.1) is 38.1 Å². The van der Waals surface area contributed by atoms with Crippen LogP contribution in [0.1, 0.15) is 0 Å². The smallest absolute Gasteiger partial charge is 0.316 e. The Morgan fingerprint density at radius 1 is 0.972 bits per heavy atom. The second-order valence-electron chi connectivity index (χ2n) is 6.81. The summed E-state index contributed by atoms with van der Waals surface area (Å²) in [6.45, 7) is 0. The summed E-state index contributed by atoms with van der Waals surface area (Å²) in [4.78, 5) is 9.95. The number of fused-ring (bicyclic) bond motifs is 1. The maximum absolute atomic E-state index is 11.9. The van der Waals surface area contributed by atoms with Gasteiger partial charge in [0.2, 0.25) is 0 Å². The number of anilines is 2. The van der Waals surface area contributed by atoms with Gasteiger partial charge >= 0.3 is 6.03 Å². The predicted molar refractivity (Wildman–Crippen MR) is 128 cm³/mol. The molecule has 0 atom stereocenters. The molecule has 0 spiro atoms. The molecule has 3 aromatic carbocycles. The Morgan fingerprint density at radius 3 is 2.14 bits per heavy atom. The zero-order chi connectivity index (χ0) is 26.7. The monoisotopic (exact) mass is 559 g/mol. The second-order valence-corrected chi connectivity index (χ2v) is 10.4. The Balaban J connectivity index is 2.32. The van der Waals surface area contributed by atoms with Crippen LogP contribution in [0, 0.1) is 0 Å². The van der Waals surface area contributed by atoms with E-state index in [-0.39, 0.29) is 32.7 Å². The molecule has 18 heteroatoms. The van der Waals surface area contributed by atoms with Crippen LogP contribution in [0.25, 0.3) is 10.8 Å². The first-order valence-electron chi connectivity index (χ1n) is 9.35. The summed E-state index contributed by atoms with van der Waals surface area (Å²) in [5, 5.41) is 25.3. The number of carbonyl (C=O) groups excluding carboxylic acids is 1. The third kappa shape index (κ3) is 6.44. The van der Waals surface area contributed by atoms with Gasteiger partial charge in [-0.15, -0.1) is 14.6 Å². The van der Waals surface area contributed by atoms with Crippen LogP contribution in [-0.2, 0) is 29.6 Å². The summed E-state index contributed by atoms with van der Waals surface area (Å²) >= 11 is 0.303. The van der Waals surface area contributed by atoms with E-state index in [0.29, 0.717) is 17.7 Å². The Labute approximate surface area is 207 Å². The second kappa shape index (κ2) is 10.7. The van der Waals surface area contributed by atoms with Gasteiger partial charge in [-0.2, -0.15) is 16.8 Å². The number of rotatable bonds is 9. The molecule has 0 aromatic heterocycles. The lowest BCUT2D eigenvalue weighted by atomic mass is 10.1. The molecule has 0 aliphatic rings. The van der Waals surface area contributed by atoms with E-state index in [4.69, 9.17) is 11.0 Å². The summed E-state index contributed by atoms with van der Waals surface area (Å²) in [6, 6.07) is 7.38. The van der Waals surface area contributed by atoms with Gasteiger partial charge in [-0.3, -0.25) is 9.11 Å². The van der Waals surface area contributed by atoms with E-state index in [0.717, 1.165) is 24.3 Å². The molecule has 0 radical (unpaired) electrons.